The van der Waals surface area contributed by atoms with Crippen LogP contribution in [0.15, 0.2) is 30.6 Å². The zero-order valence-electron chi connectivity index (χ0n) is 8.35. The first-order chi connectivity index (χ1) is 6.75. The number of nitrogens with zero attached hydrogens (tertiary/aromatic N) is 1. The molecular weight excluding hydrogens is 174 g/mol. The van der Waals surface area contributed by atoms with E-state index in [4.69, 9.17) is 0 Å². The maximum absolute atomic E-state index is 9.61. The molecule has 0 fully saturated rings. The maximum atomic E-state index is 9.61. The third kappa shape index (κ3) is 2.02. The number of hydrogen-bond donors (Lipinski definition) is 1. The zero-order chi connectivity index (χ0) is 9.97. The first-order valence-electron chi connectivity index (χ1n) is 5.05. The Morgan fingerprint density at radius 3 is 3.00 bits per heavy atom. The second-order valence-electron chi connectivity index (χ2n) is 4.05. The topological polar surface area (TPSA) is 33.1 Å². The van der Waals surface area contributed by atoms with Crippen molar-refractivity contribution in [3.05, 3.63) is 36.2 Å². The lowest BCUT2D eigenvalue weighted by Gasteiger charge is -2.22. The first-order valence-corrected chi connectivity index (χ1v) is 5.05. The van der Waals surface area contributed by atoms with Gasteiger partial charge in [-0.2, -0.15) is 0 Å². The summed E-state index contributed by atoms with van der Waals surface area (Å²) in [5.74, 6) is 0.560. The van der Waals surface area contributed by atoms with Gasteiger partial charge >= 0.3 is 0 Å². The van der Waals surface area contributed by atoms with Crippen LogP contribution in [0.3, 0.4) is 0 Å². The lowest BCUT2D eigenvalue weighted by atomic mass is 9.86. The third-order valence-electron chi connectivity index (χ3n) is 2.64. The molecule has 74 valence electrons. The molecule has 0 amide bonds. The Labute approximate surface area is 84.3 Å². The normalized spacial score (nSPS) is 27.1. The number of hydrogen-bond acceptors (Lipinski definition) is 2. The second kappa shape index (κ2) is 3.93. The molecule has 2 atom stereocenters. The summed E-state index contributed by atoms with van der Waals surface area (Å²) in [7, 11) is 0. The van der Waals surface area contributed by atoms with Gasteiger partial charge in [0.1, 0.15) is 0 Å². The number of aromatic nitrogens is 1. The summed E-state index contributed by atoms with van der Waals surface area (Å²) in [4.78, 5) is 4.09. The molecule has 0 saturated heterocycles. The standard InChI is InChI=1S/C12H15NO/c1-9-5-11(7-12(14)6-9)10-3-2-4-13-8-10/h2-4,7-9,12,14H,5-6H2,1H3. The molecule has 1 aliphatic carbocycles. The minimum atomic E-state index is -0.283. The van der Waals surface area contributed by atoms with E-state index in [2.05, 4.69) is 11.9 Å². The molecule has 1 aromatic rings. The third-order valence-corrected chi connectivity index (χ3v) is 2.64. The summed E-state index contributed by atoms with van der Waals surface area (Å²) < 4.78 is 0. The molecule has 0 radical (unpaired) electrons. The SMILES string of the molecule is CC1CC(c2cccnc2)=CC(O)C1. The van der Waals surface area contributed by atoms with Gasteiger partial charge in [0.15, 0.2) is 0 Å². The summed E-state index contributed by atoms with van der Waals surface area (Å²) in [6.45, 7) is 2.17. The van der Waals surface area contributed by atoms with Crippen molar-refractivity contribution >= 4 is 5.57 Å². The van der Waals surface area contributed by atoms with Crippen LogP contribution in [0.2, 0.25) is 0 Å². The lowest BCUT2D eigenvalue weighted by molar-refractivity contribution is 0.185. The molecule has 0 aliphatic heterocycles. The Morgan fingerprint density at radius 2 is 2.36 bits per heavy atom. The van der Waals surface area contributed by atoms with Crippen molar-refractivity contribution in [2.75, 3.05) is 0 Å². The Balaban J connectivity index is 2.26. The zero-order valence-corrected chi connectivity index (χ0v) is 8.35. The van der Waals surface area contributed by atoms with E-state index in [1.165, 1.54) is 5.57 Å². The van der Waals surface area contributed by atoms with Gasteiger partial charge in [0.25, 0.3) is 0 Å². The molecule has 0 saturated carbocycles. The number of pyridine rings is 1. The lowest BCUT2D eigenvalue weighted by Crippen LogP contribution is -2.15. The Hall–Kier alpha value is -1.15. The Bertz CT molecular complexity index is 331. The summed E-state index contributed by atoms with van der Waals surface area (Å²) in [5, 5.41) is 9.61. The van der Waals surface area contributed by atoms with E-state index >= 15 is 0 Å². The molecule has 2 unspecified atom stereocenters. The minimum absolute atomic E-state index is 0.283. The number of aliphatic hydroxyl groups is 1. The van der Waals surface area contributed by atoms with E-state index in [-0.39, 0.29) is 6.10 Å². The van der Waals surface area contributed by atoms with Crippen molar-refractivity contribution in [1.82, 2.24) is 4.98 Å². The average Bonchev–Trinajstić information content (AvgIpc) is 2.18. The van der Waals surface area contributed by atoms with Crippen molar-refractivity contribution in [1.29, 1.82) is 0 Å². The predicted octanol–water partition coefficient (Wildman–Crippen LogP) is 2.26. The molecule has 0 aromatic carbocycles. The number of rotatable bonds is 1. The van der Waals surface area contributed by atoms with Gasteiger partial charge in [-0.15, -0.1) is 0 Å². The van der Waals surface area contributed by atoms with Crippen LogP contribution in [0.4, 0.5) is 0 Å². The quantitative estimate of drug-likeness (QED) is 0.735. The van der Waals surface area contributed by atoms with Crippen LogP contribution in [0.25, 0.3) is 5.57 Å². The van der Waals surface area contributed by atoms with Gasteiger partial charge < -0.3 is 5.11 Å². The van der Waals surface area contributed by atoms with Gasteiger partial charge in [-0.25, -0.2) is 0 Å². The van der Waals surface area contributed by atoms with Crippen molar-refractivity contribution in [3.8, 4) is 0 Å². The van der Waals surface area contributed by atoms with Crippen molar-refractivity contribution in [2.45, 2.75) is 25.9 Å². The molecule has 2 rings (SSSR count). The van der Waals surface area contributed by atoms with Gasteiger partial charge in [-0.3, -0.25) is 4.98 Å². The fourth-order valence-corrected chi connectivity index (χ4v) is 2.01. The van der Waals surface area contributed by atoms with Crippen LogP contribution >= 0.6 is 0 Å². The molecule has 1 N–H and O–H groups in total. The van der Waals surface area contributed by atoms with E-state index in [0.717, 1.165) is 18.4 Å². The predicted molar refractivity (Wildman–Crippen MR) is 56.6 cm³/mol. The van der Waals surface area contributed by atoms with Crippen LogP contribution in [0, 0.1) is 5.92 Å². The van der Waals surface area contributed by atoms with Crippen LogP contribution < -0.4 is 0 Å². The van der Waals surface area contributed by atoms with E-state index in [0.29, 0.717) is 5.92 Å². The molecule has 1 aromatic heterocycles. The van der Waals surface area contributed by atoms with Crippen LogP contribution in [-0.4, -0.2) is 16.2 Å². The van der Waals surface area contributed by atoms with Gasteiger partial charge in [0.05, 0.1) is 6.10 Å². The fraction of sp³-hybridized carbons (Fsp3) is 0.417. The molecule has 1 aliphatic rings. The molecule has 2 nitrogen and oxygen atoms in total. The van der Waals surface area contributed by atoms with Crippen molar-refractivity contribution in [2.24, 2.45) is 5.92 Å². The van der Waals surface area contributed by atoms with E-state index in [1.807, 2.05) is 24.4 Å². The molecule has 0 spiro atoms. The highest BCUT2D eigenvalue weighted by Crippen LogP contribution is 2.30. The molecular formula is C12H15NO. The second-order valence-corrected chi connectivity index (χ2v) is 4.05. The van der Waals surface area contributed by atoms with Gasteiger partial charge in [0, 0.05) is 12.4 Å². The van der Waals surface area contributed by atoms with Gasteiger partial charge in [-0.05, 0) is 36.0 Å². The highest BCUT2D eigenvalue weighted by Gasteiger charge is 2.18. The van der Waals surface area contributed by atoms with Crippen molar-refractivity contribution in [3.63, 3.8) is 0 Å². The van der Waals surface area contributed by atoms with Crippen LogP contribution in [0.1, 0.15) is 25.3 Å². The van der Waals surface area contributed by atoms with Crippen LogP contribution in [-0.2, 0) is 0 Å². The van der Waals surface area contributed by atoms with Gasteiger partial charge in [-0.1, -0.05) is 19.1 Å². The van der Waals surface area contributed by atoms with Crippen molar-refractivity contribution < 1.29 is 5.11 Å². The molecule has 0 bridgehead atoms. The Kier molecular flexibility index (Phi) is 2.64. The number of aliphatic hydroxyl groups excluding tert-OH is 1. The first kappa shape index (κ1) is 9.41. The summed E-state index contributed by atoms with van der Waals surface area (Å²) in [5.41, 5.74) is 2.36. The largest absolute Gasteiger partial charge is 0.389 e. The summed E-state index contributed by atoms with van der Waals surface area (Å²) in [6, 6.07) is 3.98. The van der Waals surface area contributed by atoms with E-state index in [1.54, 1.807) is 6.20 Å². The summed E-state index contributed by atoms with van der Waals surface area (Å²) >= 11 is 0. The highest BCUT2D eigenvalue weighted by atomic mass is 16.3. The smallest absolute Gasteiger partial charge is 0.0729 e. The minimum Gasteiger partial charge on any atom is -0.389 e. The van der Waals surface area contributed by atoms with E-state index < -0.39 is 0 Å². The molecule has 1 heterocycles. The monoisotopic (exact) mass is 189 g/mol. The summed E-state index contributed by atoms with van der Waals surface area (Å²) in [6.07, 6.45) is 7.22. The van der Waals surface area contributed by atoms with Gasteiger partial charge in [0.2, 0.25) is 0 Å². The van der Waals surface area contributed by atoms with Crippen LogP contribution in [0.5, 0.6) is 0 Å². The maximum Gasteiger partial charge on any atom is 0.0729 e. The molecule has 2 heteroatoms. The Morgan fingerprint density at radius 1 is 1.50 bits per heavy atom. The average molecular weight is 189 g/mol. The fourth-order valence-electron chi connectivity index (χ4n) is 2.01. The van der Waals surface area contributed by atoms with E-state index in [9.17, 15) is 5.11 Å². The number of allylic oxidation sites excluding steroid dienone is 1. The highest BCUT2D eigenvalue weighted by molar-refractivity contribution is 5.66. The molecule has 14 heavy (non-hydrogen) atoms.